The number of para-hydroxylation sites is 1. The summed E-state index contributed by atoms with van der Waals surface area (Å²) in [4.78, 5) is 12.5. The molecular formula is C16H23N3O. The van der Waals surface area contributed by atoms with E-state index in [0.717, 1.165) is 48.8 Å². The van der Waals surface area contributed by atoms with Gasteiger partial charge in [0.05, 0.1) is 16.9 Å². The molecule has 1 heterocycles. The van der Waals surface area contributed by atoms with E-state index in [0.29, 0.717) is 6.04 Å². The van der Waals surface area contributed by atoms with Gasteiger partial charge in [-0.05, 0) is 43.7 Å². The second-order valence-corrected chi connectivity index (χ2v) is 6.01. The summed E-state index contributed by atoms with van der Waals surface area (Å²) >= 11 is 0. The first-order chi connectivity index (χ1) is 9.74. The van der Waals surface area contributed by atoms with Gasteiger partial charge < -0.3 is 16.0 Å². The van der Waals surface area contributed by atoms with Crippen molar-refractivity contribution in [3.05, 3.63) is 23.8 Å². The maximum atomic E-state index is 12.5. The maximum absolute atomic E-state index is 12.5. The maximum Gasteiger partial charge on any atom is 0.253 e. The van der Waals surface area contributed by atoms with E-state index in [9.17, 15) is 4.79 Å². The van der Waals surface area contributed by atoms with Gasteiger partial charge in [-0.15, -0.1) is 0 Å². The number of hydrogen-bond donors (Lipinski definition) is 3. The standard InChI is InChI=1S/C16H23N3O/c1-11-5-7-12(8-6-11)19-16(20)13-3-2-4-14-15(13)18-10-9-17-14/h2-4,11-12,17-18H,5-10H2,1H3,(H,19,20). The molecule has 1 amide bonds. The number of anilines is 2. The van der Waals surface area contributed by atoms with Gasteiger partial charge in [-0.2, -0.15) is 0 Å². The van der Waals surface area contributed by atoms with Crippen molar-refractivity contribution in [1.29, 1.82) is 0 Å². The van der Waals surface area contributed by atoms with Crippen LogP contribution in [-0.2, 0) is 0 Å². The smallest absolute Gasteiger partial charge is 0.253 e. The van der Waals surface area contributed by atoms with Crippen molar-refractivity contribution in [2.45, 2.75) is 38.6 Å². The van der Waals surface area contributed by atoms with Crippen molar-refractivity contribution in [3.63, 3.8) is 0 Å². The Labute approximate surface area is 120 Å². The highest BCUT2D eigenvalue weighted by Gasteiger charge is 2.22. The molecule has 0 atom stereocenters. The van der Waals surface area contributed by atoms with Crippen LogP contribution in [0.5, 0.6) is 0 Å². The van der Waals surface area contributed by atoms with Crippen LogP contribution in [0, 0.1) is 5.92 Å². The molecule has 3 rings (SSSR count). The highest BCUT2D eigenvalue weighted by atomic mass is 16.1. The van der Waals surface area contributed by atoms with Crippen LogP contribution in [-0.4, -0.2) is 25.0 Å². The van der Waals surface area contributed by atoms with Crippen molar-refractivity contribution >= 4 is 17.3 Å². The minimum Gasteiger partial charge on any atom is -0.382 e. The van der Waals surface area contributed by atoms with Gasteiger partial charge in [-0.25, -0.2) is 0 Å². The average molecular weight is 273 g/mol. The normalized spacial score (nSPS) is 25.1. The molecule has 1 aromatic rings. The van der Waals surface area contributed by atoms with Crippen molar-refractivity contribution in [2.24, 2.45) is 5.92 Å². The second-order valence-electron chi connectivity index (χ2n) is 6.01. The molecule has 0 spiro atoms. The quantitative estimate of drug-likeness (QED) is 0.776. The molecule has 1 aliphatic heterocycles. The van der Waals surface area contributed by atoms with Crippen LogP contribution >= 0.6 is 0 Å². The van der Waals surface area contributed by atoms with Crippen molar-refractivity contribution in [2.75, 3.05) is 23.7 Å². The van der Waals surface area contributed by atoms with E-state index < -0.39 is 0 Å². The van der Waals surface area contributed by atoms with E-state index in [1.54, 1.807) is 0 Å². The van der Waals surface area contributed by atoms with Gasteiger partial charge in [0.15, 0.2) is 0 Å². The summed E-state index contributed by atoms with van der Waals surface area (Å²) in [5.74, 6) is 0.858. The lowest BCUT2D eigenvalue weighted by Gasteiger charge is -2.28. The summed E-state index contributed by atoms with van der Waals surface area (Å²) in [7, 11) is 0. The first-order valence-electron chi connectivity index (χ1n) is 7.65. The highest BCUT2D eigenvalue weighted by Crippen LogP contribution is 2.29. The Morgan fingerprint density at radius 3 is 2.70 bits per heavy atom. The molecule has 1 fully saturated rings. The zero-order chi connectivity index (χ0) is 13.9. The fraction of sp³-hybridized carbons (Fsp3) is 0.562. The number of amides is 1. The molecule has 3 N–H and O–H groups in total. The molecule has 1 saturated carbocycles. The van der Waals surface area contributed by atoms with Gasteiger partial charge >= 0.3 is 0 Å². The Balaban J connectivity index is 1.71. The summed E-state index contributed by atoms with van der Waals surface area (Å²) in [6, 6.07) is 6.20. The minimum atomic E-state index is 0.0533. The van der Waals surface area contributed by atoms with Crippen LogP contribution in [0.2, 0.25) is 0 Å². The van der Waals surface area contributed by atoms with Crippen LogP contribution < -0.4 is 16.0 Å². The molecule has 0 bridgehead atoms. The van der Waals surface area contributed by atoms with Crippen LogP contribution in [0.15, 0.2) is 18.2 Å². The lowest BCUT2D eigenvalue weighted by molar-refractivity contribution is 0.0924. The Hall–Kier alpha value is -1.71. The topological polar surface area (TPSA) is 53.2 Å². The number of carbonyl (C=O) groups excluding carboxylic acids is 1. The van der Waals surface area contributed by atoms with Crippen molar-refractivity contribution in [3.8, 4) is 0 Å². The third-order valence-electron chi connectivity index (χ3n) is 4.40. The van der Waals surface area contributed by atoms with Gasteiger partial charge in [-0.3, -0.25) is 4.79 Å². The molecule has 4 heteroatoms. The van der Waals surface area contributed by atoms with E-state index in [-0.39, 0.29) is 5.91 Å². The molecule has 1 aliphatic carbocycles. The van der Waals surface area contributed by atoms with E-state index in [1.165, 1.54) is 12.8 Å². The first kappa shape index (κ1) is 13.3. The number of benzene rings is 1. The average Bonchev–Trinajstić information content (AvgIpc) is 2.49. The summed E-state index contributed by atoms with van der Waals surface area (Å²) in [5.41, 5.74) is 2.73. The largest absolute Gasteiger partial charge is 0.382 e. The van der Waals surface area contributed by atoms with E-state index in [4.69, 9.17) is 0 Å². The van der Waals surface area contributed by atoms with E-state index >= 15 is 0 Å². The molecule has 1 aromatic carbocycles. The number of carbonyl (C=O) groups is 1. The molecule has 0 aromatic heterocycles. The Kier molecular flexibility index (Phi) is 3.81. The van der Waals surface area contributed by atoms with E-state index in [2.05, 4.69) is 22.9 Å². The minimum absolute atomic E-state index is 0.0533. The predicted molar refractivity (Wildman–Crippen MR) is 82.3 cm³/mol. The molecule has 0 saturated heterocycles. The fourth-order valence-corrected chi connectivity index (χ4v) is 3.13. The third-order valence-corrected chi connectivity index (χ3v) is 4.40. The monoisotopic (exact) mass is 273 g/mol. The predicted octanol–water partition coefficient (Wildman–Crippen LogP) is 2.83. The molecule has 0 radical (unpaired) electrons. The van der Waals surface area contributed by atoms with Gasteiger partial charge in [-0.1, -0.05) is 13.0 Å². The Morgan fingerprint density at radius 2 is 1.90 bits per heavy atom. The summed E-state index contributed by atoms with van der Waals surface area (Å²) in [6.45, 7) is 4.05. The molecule has 0 unspecified atom stereocenters. The van der Waals surface area contributed by atoms with Gasteiger partial charge in [0.2, 0.25) is 0 Å². The Bertz CT molecular complexity index is 492. The van der Waals surface area contributed by atoms with Crippen molar-refractivity contribution < 1.29 is 4.79 Å². The first-order valence-corrected chi connectivity index (χ1v) is 7.65. The second kappa shape index (κ2) is 5.73. The van der Waals surface area contributed by atoms with Crippen LogP contribution in [0.25, 0.3) is 0 Å². The van der Waals surface area contributed by atoms with Gasteiger partial charge in [0.25, 0.3) is 5.91 Å². The van der Waals surface area contributed by atoms with Crippen LogP contribution in [0.3, 0.4) is 0 Å². The fourth-order valence-electron chi connectivity index (χ4n) is 3.13. The molecule has 4 nitrogen and oxygen atoms in total. The Morgan fingerprint density at radius 1 is 1.15 bits per heavy atom. The molecule has 108 valence electrons. The number of rotatable bonds is 2. The van der Waals surface area contributed by atoms with Crippen LogP contribution in [0.4, 0.5) is 11.4 Å². The number of hydrogen-bond acceptors (Lipinski definition) is 3. The highest BCUT2D eigenvalue weighted by molar-refractivity contribution is 6.02. The summed E-state index contributed by atoms with van der Waals surface area (Å²) < 4.78 is 0. The third kappa shape index (κ3) is 2.74. The molecule has 20 heavy (non-hydrogen) atoms. The lowest BCUT2D eigenvalue weighted by atomic mass is 9.87. The summed E-state index contributed by atoms with van der Waals surface area (Å²) in [6.07, 6.45) is 4.65. The van der Waals surface area contributed by atoms with E-state index in [1.807, 2.05) is 18.2 Å². The van der Waals surface area contributed by atoms with Crippen LogP contribution in [0.1, 0.15) is 43.0 Å². The zero-order valence-corrected chi connectivity index (χ0v) is 12.0. The number of nitrogens with one attached hydrogen (secondary N) is 3. The number of fused-ring (bicyclic) bond motifs is 1. The molecular weight excluding hydrogens is 250 g/mol. The molecule has 2 aliphatic rings. The summed E-state index contributed by atoms with van der Waals surface area (Å²) in [5, 5.41) is 9.86. The lowest BCUT2D eigenvalue weighted by Crippen LogP contribution is -2.38. The van der Waals surface area contributed by atoms with Gasteiger partial charge in [0.1, 0.15) is 0 Å². The van der Waals surface area contributed by atoms with Gasteiger partial charge in [0, 0.05) is 19.1 Å². The SMILES string of the molecule is CC1CCC(NC(=O)c2cccc3c2NCCN3)CC1. The zero-order valence-electron chi connectivity index (χ0n) is 12.0. The van der Waals surface area contributed by atoms with Crippen molar-refractivity contribution in [1.82, 2.24) is 5.32 Å².